The van der Waals surface area contributed by atoms with Crippen LogP contribution in [0.2, 0.25) is 0 Å². The standard InChI is InChI=1S/C25H26N2OS/c28-23-21-22(26-24(27-23)29-16-13-18-9-3-1-4-10-18)20-12-6-5-11-19(20)17-25(21)14-7-2-8-15-25/h1,3-6,9-12,21H,2,7-8,13-17H2. The Kier molecular flexibility index (Phi) is 5.13. The third-order valence-electron chi connectivity index (χ3n) is 6.70. The molecule has 3 aliphatic rings. The summed E-state index contributed by atoms with van der Waals surface area (Å²) in [7, 11) is 0. The number of amidine groups is 1. The molecule has 1 saturated carbocycles. The molecule has 1 amide bonds. The monoisotopic (exact) mass is 402 g/mol. The zero-order valence-electron chi connectivity index (χ0n) is 16.6. The molecule has 1 unspecified atom stereocenters. The lowest BCUT2D eigenvalue weighted by atomic mass is 9.57. The summed E-state index contributed by atoms with van der Waals surface area (Å²) in [4.78, 5) is 22.7. The molecule has 1 fully saturated rings. The van der Waals surface area contributed by atoms with Crippen LogP contribution in [0.3, 0.4) is 0 Å². The molecule has 1 spiro atoms. The topological polar surface area (TPSA) is 41.8 Å². The maximum absolute atomic E-state index is 13.3. The van der Waals surface area contributed by atoms with Crippen LogP contribution >= 0.6 is 11.8 Å². The first-order valence-corrected chi connectivity index (χ1v) is 11.7. The van der Waals surface area contributed by atoms with E-state index in [4.69, 9.17) is 4.99 Å². The molecule has 0 N–H and O–H groups in total. The number of aliphatic imine (C=N–C) groups is 2. The van der Waals surface area contributed by atoms with E-state index in [-0.39, 0.29) is 17.2 Å². The van der Waals surface area contributed by atoms with Crippen molar-refractivity contribution in [2.75, 3.05) is 5.75 Å². The second-order valence-corrected chi connectivity index (χ2v) is 9.57. The molecular formula is C25H26N2OS. The van der Waals surface area contributed by atoms with E-state index in [1.54, 1.807) is 11.8 Å². The van der Waals surface area contributed by atoms with Gasteiger partial charge in [0.05, 0.1) is 11.6 Å². The molecule has 1 atom stereocenters. The zero-order chi connectivity index (χ0) is 19.7. The van der Waals surface area contributed by atoms with Gasteiger partial charge in [0.25, 0.3) is 5.91 Å². The Balaban J connectivity index is 1.43. The number of rotatable bonds is 3. The Hall–Kier alpha value is -2.20. The average molecular weight is 403 g/mol. The molecule has 2 aromatic carbocycles. The molecule has 2 aliphatic carbocycles. The largest absolute Gasteiger partial charge is 0.272 e. The van der Waals surface area contributed by atoms with E-state index < -0.39 is 0 Å². The van der Waals surface area contributed by atoms with E-state index in [9.17, 15) is 4.79 Å². The number of thioether (sulfide) groups is 1. The normalized spacial score (nSPS) is 22.5. The maximum atomic E-state index is 13.3. The van der Waals surface area contributed by atoms with Crippen molar-refractivity contribution in [1.29, 1.82) is 0 Å². The Bertz CT molecular complexity index is 973. The number of hydrogen-bond donors (Lipinski definition) is 0. The lowest BCUT2D eigenvalue weighted by Gasteiger charge is -2.47. The second-order valence-electron chi connectivity index (χ2n) is 8.50. The van der Waals surface area contributed by atoms with Crippen LogP contribution in [0.25, 0.3) is 0 Å². The molecule has 0 bridgehead atoms. The number of hydrogen-bond acceptors (Lipinski definition) is 3. The second kappa shape index (κ2) is 7.91. The average Bonchev–Trinajstić information content (AvgIpc) is 2.75. The minimum atomic E-state index is -0.156. The third kappa shape index (κ3) is 3.59. The molecule has 0 radical (unpaired) electrons. The summed E-state index contributed by atoms with van der Waals surface area (Å²) < 4.78 is 0. The SMILES string of the molecule is O=C1N=C(SCCc2ccccc2)N=C2c3ccccc3CC3(CCCCC3)C12. The molecule has 148 valence electrons. The van der Waals surface area contributed by atoms with Gasteiger partial charge in [-0.05, 0) is 42.2 Å². The van der Waals surface area contributed by atoms with Crippen LogP contribution < -0.4 is 0 Å². The predicted molar refractivity (Wildman–Crippen MR) is 121 cm³/mol. The van der Waals surface area contributed by atoms with Crippen LogP contribution in [0, 0.1) is 11.3 Å². The van der Waals surface area contributed by atoms with Crippen molar-refractivity contribution in [3.05, 3.63) is 71.3 Å². The summed E-state index contributed by atoms with van der Waals surface area (Å²) in [5.74, 6) is 0.759. The van der Waals surface area contributed by atoms with Gasteiger partial charge in [0, 0.05) is 11.3 Å². The molecule has 1 heterocycles. The molecule has 3 nitrogen and oxygen atoms in total. The summed E-state index contributed by atoms with van der Waals surface area (Å²) in [5, 5.41) is 0.639. The first kappa shape index (κ1) is 18.8. The van der Waals surface area contributed by atoms with E-state index >= 15 is 0 Å². The van der Waals surface area contributed by atoms with Crippen molar-refractivity contribution < 1.29 is 4.79 Å². The molecule has 29 heavy (non-hydrogen) atoms. The first-order chi connectivity index (χ1) is 14.3. The quantitative estimate of drug-likeness (QED) is 0.683. The lowest BCUT2D eigenvalue weighted by Crippen LogP contribution is -2.49. The molecule has 0 aromatic heterocycles. The van der Waals surface area contributed by atoms with Crippen molar-refractivity contribution in [3.63, 3.8) is 0 Å². The van der Waals surface area contributed by atoms with Gasteiger partial charge in [0.15, 0.2) is 5.17 Å². The highest BCUT2D eigenvalue weighted by Gasteiger charge is 2.51. The number of fused-ring (bicyclic) bond motifs is 4. The molecule has 0 saturated heterocycles. The first-order valence-electron chi connectivity index (χ1n) is 10.7. The van der Waals surface area contributed by atoms with E-state index in [0.29, 0.717) is 5.17 Å². The highest BCUT2D eigenvalue weighted by molar-refractivity contribution is 8.13. The lowest BCUT2D eigenvalue weighted by molar-refractivity contribution is -0.124. The zero-order valence-corrected chi connectivity index (χ0v) is 17.5. The van der Waals surface area contributed by atoms with Gasteiger partial charge in [-0.1, -0.05) is 85.6 Å². The minimum Gasteiger partial charge on any atom is -0.272 e. The molecule has 5 rings (SSSR count). The van der Waals surface area contributed by atoms with Crippen molar-refractivity contribution in [2.24, 2.45) is 21.3 Å². The van der Waals surface area contributed by atoms with Crippen LogP contribution in [0.5, 0.6) is 0 Å². The van der Waals surface area contributed by atoms with Crippen molar-refractivity contribution in [1.82, 2.24) is 0 Å². The summed E-state index contributed by atoms with van der Waals surface area (Å²) in [6, 6.07) is 19.0. The van der Waals surface area contributed by atoms with Gasteiger partial charge >= 0.3 is 0 Å². The number of carbonyl (C=O) groups is 1. The fraction of sp³-hybridized carbons (Fsp3) is 0.400. The summed E-state index contributed by atoms with van der Waals surface area (Å²) in [6.45, 7) is 0. The number of nitrogens with zero attached hydrogens (tertiary/aromatic N) is 2. The van der Waals surface area contributed by atoms with Gasteiger partial charge in [-0.15, -0.1) is 0 Å². The van der Waals surface area contributed by atoms with Gasteiger partial charge < -0.3 is 0 Å². The summed E-state index contributed by atoms with van der Waals surface area (Å²) in [5.41, 5.74) is 4.82. The van der Waals surface area contributed by atoms with Crippen LogP contribution in [0.15, 0.2) is 64.6 Å². The van der Waals surface area contributed by atoms with E-state index in [1.807, 2.05) is 6.07 Å². The Morgan fingerprint density at radius 2 is 1.69 bits per heavy atom. The van der Waals surface area contributed by atoms with Gasteiger partial charge in [0.1, 0.15) is 0 Å². The predicted octanol–water partition coefficient (Wildman–Crippen LogP) is 5.47. The molecule has 1 aliphatic heterocycles. The smallest absolute Gasteiger partial charge is 0.257 e. The van der Waals surface area contributed by atoms with Crippen LogP contribution in [-0.4, -0.2) is 22.5 Å². The highest BCUT2D eigenvalue weighted by atomic mass is 32.2. The Morgan fingerprint density at radius 1 is 0.931 bits per heavy atom. The minimum absolute atomic E-state index is 0.0201. The third-order valence-corrected chi connectivity index (χ3v) is 7.55. The van der Waals surface area contributed by atoms with E-state index in [0.717, 1.165) is 42.7 Å². The Labute approximate surface area is 176 Å². The van der Waals surface area contributed by atoms with Crippen molar-refractivity contribution in [2.45, 2.75) is 44.9 Å². The van der Waals surface area contributed by atoms with Crippen LogP contribution in [0.1, 0.15) is 48.8 Å². The van der Waals surface area contributed by atoms with Gasteiger partial charge in [-0.3, -0.25) is 4.79 Å². The molecule has 2 aromatic rings. The highest BCUT2D eigenvalue weighted by Crippen LogP contribution is 2.51. The van der Waals surface area contributed by atoms with Crippen molar-refractivity contribution in [3.8, 4) is 0 Å². The number of carbonyl (C=O) groups excluding carboxylic acids is 1. The van der Waals surface area contributed by atoms with Gasteiger partial charge in [-0.25, -0.2) is 4.99 Å². The molecule has 4 heteroatoms. The fourth-order valence-electron chi connectivity index (χ4n) is 5.33. The van der Waals surface area contributed by atoms with Crippen molar-refractivity contribution >= 4 is 28.5 Å². The van der Waals surface area contributed by atoms with E-state index in [2.05, 4.69) is 53.5 Å². The van der Waals surface area contributed by atoms with Gasteiger partial charge in [0.2, 0.25) is 0 Å². The van der Waals surface area contributed by atoms with E-state index in [1.165, 1.54) is 30.4 Å². The number of aryl methyl sites for hydroxylation is 1. The fourth-order valence-corrected chi connectivity index (χ4v) is 6.17. The van der Waals surface area contributed by atoms with Gasteiger partial charge in [-0.2, -0.15) is 4.99 Å². The number of amides is 1. The summed E-state index contributed by atoms with van der Waals surface area (Å²) >= 11 is 1.60. The maximum Gasteiger partial charge on any atom is 0.257 e. The summed E-state index contributed by atoms with van der Waals surface area (Å²) in [6.07, 6.45) is 7.87. The Morgan fingerprint density at radius 3 is 2.52 bits per heavy atom. The molecular weight excluding hydrogens is 376 g/mol. The van der Waals surface area contributed by atoms with Crippen LogP contribution in [-0.2, 0) is 17.6 Å². The number of benzene rings is 2. The van der Waals surface area contributed by atoms with Crippen LogP contribution in [0.4, 0.5) is 0 Å².